The molecule has 1 N–H and O–H groups in total. The maximum absolute atomic E-state index is 5.39. The molecule has 1 aromatic rings. The first-order valence-electron chi connectivity index (χ1n) is 6.91. The first-order valence-corrected chi connectivity index (χ1v) is 6.91. The molecule has 0 amide bonds. The van der Waals surface area contributed by atoms with E-state index in [9.17, 15) is 0 Å². The molecule has 0 aliphatic heterocycles. The molecule has 0 aliphatic carbocycles. The summed E-state index contributed by atoms with van der Waals surface area (Å²) in [5.41, 5.74) is 3.93. The fraction of sp³-hybridized carbons (Fsp3) is 0.625. The van der Waals surface area contributed by atoms with E-state index in [0.29, 0.717) is 12.0 Å². The SMILES string of the molecule is CCC(CC)C(NC)c1cc(C)c(OC)cc1C. The van der Waals surface area contributed by atoms with Gasteiger partial charge in [0.25, 0.3) is 0 Å². The largest absolute Gasteiger partial charge is 0.496 e. The molecule has 0 heterocycles. The van der Waals surface area contributed by atoms with Crippen LogP contribution in [0.15, 0.2) is 12.1 Å². The van der Waals surface area contributed by atoms with Gasteiger partial charge in [-0.05, 0) is 49.6 Å². The Morgan fingerprint density at radius 1 is 1.11 bits per heavy atom. The highest BCUT2D eigenvalue weighted by Crippen LogP contribution is 2.32. The minimum atomic E-state index is 0.435. The highest BCUT2D eigenvalue weighted by molar-refractivity contribution is 5.43. The van der Waals surface area contributed by atoms with Crippen LogP contribution in [0.1, 0.15) is 49.4 Å². The molecule has 0 fully saturated rings. The van der Waals surface area contributed by atoms with Crippen LogP contribution < -0.4 is 10.1 Å². The van der Waals surface area contributed by atoms with Crippen molar-refractivity contribution >= 4 is 0 Å². The van der Waals surface area contributed by atoms with Gasteiger partial charge >= 0.3 is 0 Å². The number of methoxy groups -OCH3 is 1. The molecule has 1 aromatic carbocycles. The molecule has 1 unspecified atom stereocenters. The molecule has 1 atom stereocenters. The van der Waals surface area contributed by atoms with Crippen molar-refractivity contribution in [2.45, 2.75) is 46.6 Å². The summed E-state index contributed by atoms with van der Waals surface area (Å²) in [5, 5.41) is 3.48. The van der Waals surface area contributed by atoms with Gasteiger partial charge in [-0.1, -0.05) is 32.8 Å². The molecule has 2 nitrogen and oxygen atoms in total. The smallest absolute Gasteiger partial charge is 0.122 e. The van der Waals surface area contributed by atoms with Crippen LogP contribution in [0.3, 0.4) is 0 Å². The van der Waals surface area contributed by atoms with E-state index < -0.39 is 0 Å². The molecule has 0 spiro atoms. The maximum atomic E-state index is 5.39. The minimum absolute atomic E-state index is 0.435. The van der Waals surface area contributed by atoms with Crippen LogP contribution in [0.5, 0.6) is 5.75 Å². The molecule has 0 aliphatic rings. The third kappa shape index (κ3) is 3.05. The van der Waals surface area contributed by atoms with E-state index in [1.54, 1.807) is 7.11 Å². The van der Waals surface area contributed by atoms with Gasteiger partial charge in [0.05, 0.1) is 7.11 Å². The van der Waals surface area contributed by atoms with Crippen molar-refractivity contribution in [3.8, 4) is 5.75 Å². The number of aryl methyl sites for hydroxylation is 2. The first-order chi connectivity index (χ1) is 8.58. The van der Waals surface area contributed by atoms with E-state index in [2.05, 4.69) is 52.2 Å². The standard InChI is InChI=1S/C16H27NO/c1-7-13(8-2)16(17-5)14-9-12(4)15(18-6)10-11(14)3/h9-10,13,16-17H,7-8H2,1-6H3. The van der Waals surface area contributed by atoms with Crippen LogP contribution >= 0.6 is 0 Å². The highest BCUT2D eigenvalue weighted by Gasteiger charge is 2.21. The Morgan fingerprint density at radius 2 is 1.72 bits per heavy atom. The normalized spacial score (nSPS) is 12.8. The molecule has 0 bridgehead atoms. The fourth-order valence-corrected chi connectivity index (χ4v) is 2.77. The molecule has 102 valence electrons. The summed E-state index contributed by atoms with van der Waals surface area (Å²) in [6, 6.07) is 4.86. The van der Waals surface area contributed by atoms with Crippen molar-refractivity contribution in [1.29, 1.82) is 0 Å². The lowest BCUT2D eigenvalue weighted by molar-refractivity contribution is 0.357. The second kappa shape index (κ2) is 6.79. The van der Waals surface area contributed by atoms with Gasteiger partial charge in [-0.15, -0.1) is 0 Å². The predicted molar refractivity (Wildman–Crippen MR) is 78.3 cm³/mol. The Morgan fingerprint density at radius 3 is 2.17 bits per heavy atom. The van der Waals surface area contributed by atoms with Crippen molar-refractivity contribution in [3.05, 3.63) is 28.8 Å². The lowest BCUT2D eigenvalue weighted by atomic mass is 9.86. The molecule has 18 heavy (non-hydrogen) atoms. The summed E-state index contributed by atoms with van der Waals surface area (Å²) in [4.78, 5) is 0. The predicted octanol–water partition coefficient (Wildman–Crippen LogP) is 4.01. The van der Waals surface area contributed by atoms with Gasteiger partial charge in [0.15, 0.2) is 0 Å². The van der Waals surface area contributed by atoms with Gasteiger partial charge in [0, 0.05) is 6.04 Å². The lowest BCUT2D eigenvalue weighted by Gasteiger charge is -2.27. The number of nitrogens with one attached hydrogen (secondary N) is 1. The molecule has 2 heteroatoms. The lowest BCUT2D eigenvalue weighted by Crippen LogP contribution is -2.25. The zero-order valence-electron chi connectivity index (χ0n) is 12.6. The maximum Gasteiger partial charge on any atom is 0.122 e. The van der Waals surface area contributed by atoms with Crippen molar-refractivity contribution < 1.29 is 4.74 Å². The average Bonchev–Trinajstić information content (AvgIpc) is 2.38. The molecular weight excluding hydrogens is 222 g/mol. The minimum Gasteiger partial charge on any atom is -0.496 e. The van der Waals surface area contributed by atoms with Gasteiger partial charge in [-0.3, -0.25) is 0 Å². The molecular formula is C16H27NO. The quantitative estimate of drug-likeness (QED) is 0.822. The second-order valence-electron chi connectivity index (χ2n) is 5.02. The fourth-order valence-electron chi connectivity index (χ4n) is 2.77. The third-order valence-corrected chi connectivity index (χ3v) is 3.95. The molecule has 0 aromatic heterocycles. The number of hydrogen-bond acceptors (Lipinski definition) is 2. The van der Waals surface area contributed by atoms with Crippen molar-refractivity contribution in [2.24, 2.45) is 5.92 Å². The van der Waals surface area contributed by atoms with Crippen LogP contribution in [0.4, 0.5) is 0 Å². The van der Waals surface area contributed by atoms with Crippen LogP contribution in [-0.2, 0) is 0 Å². The third-order valence-electron chi connectivity index (χ3n) is 3.95. The summed E-state index contributed by atoms with van der Waals surface area (Å²) in [6.07, 6.45) is 2.40. The van der Waals surface area contributed by atoms with Gasteiger partial charge in [-0.25, -0.2) is 0 Å². The van der Waals surface area contributed by atoms with Gasteiger partial charge in [0.2, 0.25) is 0 Å². The van der Waals surface area contributed by atoms with Crippen LogP contribution in [-0.4, -0.2) is 14.2 Å². The summed E-state index contributed by atoms with van der Waals surface area (Å²) in [7, 11) is 3.79. The average molecular weight is 249 g/mol. The Hall–Kier alpha value is -1.02. The van der Waals surface area contributed by atoms with Gasteiger partial charge in [-0.2, -0.15) is 0 Å². The summed E-state index contributed by atoms with van der Waals surface area (Å²) in [5.74, 6) is 1.66. The number of hydrogen-bond donors (Lipinski definition) is 1. The van der Waals surface area contributed by atoms with E-state index in [1.165, 1.54) is 29.5 Å². The molecule has 0 saturated heterocycles. The van der Waals surface area contributed by atoms with Gasteiger partial charge < -0.3 is 10.1 Å². The second-order valence-corrected chi connectivity index (χ2v) is 5.02. The molecule has 1 rings (SSSR count). The number of rotatable bonds is 6. The van der Waals surface area contributed by atoms with E-state index in [0.717, 1.165) is 5.75 Å². The van der Waals surface area contributed by atoms with Crippen molar-refractivity contribution in [3.63, 3.8) is 0 Å². The van der Waals surface area contributed by atoms with Crippen LogP contribution in [0.25, 0.3) is 0 Å². The van der Waals surface area contributed by atoms with E-state index in [1.807, 2.05) is 0 Å². The Kier molecular flexibility index (Phi) is 5.67. The monoisotopic (exact) mass is 249 g/mol. The van der Waals surface area contributed by atoms with E-state index in [-0.39, 0.29) is 0 Å². The Labute approximate surface area is 112 Å². The highest BCUT2D eigenvalue weighted by atomic mass is 16.5. The zero-order chi connectivity index (χ0) is 13.7. The molecule has 0 radical (unpaired) electrons. The van der Waals surface area contributed by atoms with E-state index >= 15 is 0 Å². The summed E-state index contributed by atoms with van der Waals surface area (Å²) >= 11 is 0. The van der Waals surface area contributed by atoms with Crippen molar-refractivity contribution in [1.82, 2.24) is 5.32 Å². The number of ether oxygens (including phenoxy) is 1. The zero-order valence-corrected chi connectivity index (χ0v) is 12.6. The topological polar surface area (TPSA) is 21.3 Å². The van der Waals surface area contributed by atoms with Crippen molar-refractivity contribution in [2.75, 3.05) is 14.2 Å². The summed E-state index contributed by atoms with van der Waals surface area (Å²) < 4.78 is 5.39. The summed E-state index contributed by atoms with van der Waals surface area (Å²) in [6.45, 7) is 8.82. The van der Waals surface area contributed by atoms with Gasteiger partial charge in [0.1, 0.15) is 5.75 Å². The Bertz CT molecular complexity index is 383. The molecule has 0 saturated carbocycles. The van der Waals surface area contributed by atoms with Crippen LogP contribution in [0, 0.1) is 19.8 Å². The first kappa shape index (κ1) is 15.0. The van der Waals surface area contributed by atoms with Crippen LogP contribution in [0.2, 0.25) is 0 Å². The number of benzene rings is 1. The Balaban J connectivity index is 3.17. The van der Waals surface area contributed by atoms with E-state index in [4.69, 9.17) is 4.74 Å².